The van der Waals surface area contributed by atoms with Crippen molar-refractivity contribution >= 4 is 11.7 Å². The smallest absolute Gasteiger partial charge is 0.316 e. The maximum atomic E-state index is 12.5. The third kappa shape index (κ3) is 3.21. The molecule has 23 heavy (non-hydrogen) atoms. The molecule has 2 heterocycles. The summed E-state index contributed by atoms with van der Waals surface area (Å²) in [6.45, 7) is 2.62. The van der Waals surface area contributed by atoms with E-state index in [-0.39, 0.29) is 5.91 Å². The molecule has 6 nitrogen and oxygen atoms in total. The van der Waals surface area contributed by atoms with E-state index in [1.165, 1.54) is 0 Å². The fraction of sp³-hybridized carbons (Fsp3) is 0.294. The van der Waals surface area contributed by atoms with Gasteiger partial charge in [0, 0.05) is 11.6 Å². The first-order valence-corrected chi connectivity index (χ1v) is 7.57. The van der Waals surface area contributed by atoms with Crippen LogP contribution in [0, 0.1) is 0 Å². The summed E-state index contributed by atoms with van der Waals surface area (Å²) in [7, 11) is 1.60. The predicted molar refractivity (Wildman–Crippen MR) is 84.9 cm³/mol. The van der Waals surface area contributed by atoms with Crippen molar-refractivity contribution in [2.45, 2.75) is 0 Å². The van der Waals surface area contributed by atoms with Gasteiger partial charge in [-0.3, -0.25) is 9.69 Å². The van der Waals surface area contributed by atoms with Crippen molar-refractivity contribution < 1.29 is 19.5 Å². The van der Waals surface area contributed by atoms with E-state index >= 15 is 0 Å². The fourth-order valence-corrected chi connectivity index (χ4v) is 2.73. The number of anilines is 1. The van der Waals surface area contributed by atoms with Crippen LogP contribution in [0.25, 0.3) is 0 Å². The first-order chi connectivity index (χ1) is 11.2. The summed E-state index contributed by atoms with van der Waals surface area (Å²) in [6, 6.07) is 12.7. The van der Waals surface area contributed by atoms with Crippen LogP contribution in [0.4, 0.5) is 5.82 Å². The summed E-state index contributed by atoms with van der Waals surface area (Å²) in [4.78, 5) is 16.4. The monoisotopic (exact) mass is 314 g/mol. The summed E-state index contributed by atoms with van der Waals surface area (Å²) in [6.07, 6.45) is 1.60. The molecule has 1 N–H and O–H groups in total. The average Bonchev–Trinajstić information content (AvgIpc) is 2.62. The minimum atomic E-state index is 0.0252. The molecule has 1 saturated heterocycles. The molecule has 3 rings (SSSR count). The van der Waals surface area contributed by atoms with Crippen LogP contribution in [-0.4, -0.2) is 49.3 Å². The van der Waals surface area contributed by atoms with Crippen molar-refractivity contribution in [1.29, 1.82) is 0 Å². The fourth-order valence-electron chi connectivity index (χ4n) is 2.73. The molecule has 0 saturated carbocycles. The molecule has 1 aromatic heterocycles. The van der Waals surface area contributed by atoms with Gasteiger partial charge in [0.15, 0.2) is 0 Å². The number of benzene rings is 1. The molecule has 1 aromatic carbocycles. The Kier molecular flexibility index (Phi) is 4.32. The minimum Gasteiger partial charge on any atom is -0.497 e. The molecule has 0 aliphatic carbocycles. The van der Waals surface area contributed by atoms with Crippen LogP contribution >= 0.6 is 0 Å². The molecular formula is C17H20N3O3+. The van der Waals surface area contributed by atoms with Gasteiger partial charge in [-0.15, -0.1) is 0 Å². The number of methoxy groups -OCH3 is 1. The predicted octanol–water partition coefficient (Wildman–Crippen LogP) is 1.18. The van der Waals surface area contributed by atoms with Gasteiger partial charge in [0.25, 0.3) is 5.91 Å². The van der Waals surface area contributed by atoms with Gasteiger partial charge in [-0.1, -0.05) is 10.8 Å². The van der Waals surface area contributed by atoms with E-state index in [1.807, 2.05) is 17.0 Å². The quantitative estimate of drug-likeness (QED) is 0.683. The Bertz CT molecular complexity index is 680. The lowest BCUT2D eigenvalue weighted by Crippen LogP contribution is -2.52. The van der Waals surface area contributed by atoms with E-state index in [9.17, 15) is 10.0 Å². The van der Waals surface area contributed by atoms with Crippen molar-refractivity contribution in [3.05, 3.63) is 54.2 Å². The average molecular weight is 314 g/mol. The van der Waals surface area contributed by atoms with Gasteiger partial charge in [-0.2, -0.15) is 0 Å². The zero-order valence-electron chi connectivity index (χ0n) is 13.1. The van der Waals surface area contributed by atoms with Crippen LogP contribution in [0.3, 0.4) is 0 Å². The molecule has 1 fully saturated rings. The molecule has 1 amide bonds. The Labute approximate surface area is 135 Å². The summed E-state index contributed by atoms with van der Waals surface area (Å²) >= 11 is 0. The SMILES string of the molecule is COc1ccc(C(=O)N2CCN(c3cccc[n+]3O)CC2)cc1. The van der Waals surface area contributed by atoms with Crippen LogP contribution < -0.4 is 14.4 Å². The number of aromatic nitrogens is 1. The Morgan fingerprint density at radius 3 is 2.39 bits per heavy atom. The van der Waals surface area contributed by atoms with E-state index in [4.69, 9.17) is 4.74 Å². The van der Waals surface area contributed by atoms with Gasteiger partial charge in [0.1, 0.15) is 25.0 Å². The van der Waals surface area contributed by atoms with Gasteiger partial charge in [0.05, 0.1) is 20.2 Å². The number of amides is 1. The topological polar surface area (TPSA) is 56.9 Å². The van der Waals surface area contributed by atoms with Crippen molar-refractivity contribution in [2.75, 3.05) is 38.2 Å². The lowest BCUT2D eigenvalue weighted by atomic mass is 10.1. The number of pyridine rings is 1. The van der Waals surface area contributed by atoms with E-state index in [1.54, 1.807) is 43.6 Å². The molecule has 120 valence electrons. The van der Waals surface area contributed by atoms with E-state index in [0.29, 0.717) is 31.7 Å². The van der Waals surface area contributed by atoms with Gasteiger partial charge in [0.2, 0.25) is 0 Å². The number of nitrogens with zero attached hydrogens (tertiary/aromatic N) is 3. The number of piperazine rings is 1. The first-order valence-electron chi connectivity index (χ1n) is 7.57. The van der Waals surface area contributed by atoms with Gasteiger partial charge >= 0.3 is 5.82 Å². The van der Waals surface area contributed by atoms with E-state index in [0.717, 1.165) is 16.3 Å². The molecule has 2 aromatic rings. The van der Waals surface area contributed by atoms with Gasteiger partial charge in [-0.25, -0.2) is 0 Å². The van der Waals surface area contributed by atoms with Crippen molar-refractivity contribution in [2.24, 2.45) is 0 Å². The molecule has 0 radical (unpaired) electrons. The number of hydrogen-bond donors (Lipinski definition) is 1. The van der Waals surface area contributed by atoms with Gasteiger partial charge < -0.3 is 14.8 Å². The number of ether oxygens (including phenoxy) is 1. The highest BCUT2D eigenvalue weighted by molar-refractivity contribution is 5.94. The Balaban J connectivity index is 1.64. The molecule has 1 aliphatic heterocycles. The zero-order valence-corrected chi connectivity index (χ0v) is 13.1. The minimum absolute atomic E-state index is 0.0252. The maximum absolute atomic E-state index is 12.5. The van der Waals surface area contributed by atoms with Crippen molar-refractivity contribution in [3.8, 4) is 5.75 Å². The second kappa shape index (κ2) is 6.56. The van der Waals surface area contributed by atoms with Crippen LogP contribution in [-0.2, 0) is 0 Å². The Morgan fingerprint density at radius 2 is 1.78 bits per heavy atom. The lowest BCUT2D eigenvalue weighted by molar-refractivity contribution is -0.894. The highest BCUT2D eigenvalue weighted by atomic mass is 16.5. The Hall–Kier alpha value is -2.76. The summed E-state index contributed by atoms with van der Waals surface area (Å²) in [5, 5.41) is 9.85. The van der Waals surface area contributed by atoms with Crippen molar-refractivity contribution in [1.82, 2.24) is 4.90 Å². The molecule has 6 heteroatoms. The second-order valence-corrected chi connectivity index (χ2v) is 5.41. The van der Waals surface area contributed by atoms with Crippen LogP contribution in [0.5, 0.6) is 5.75 Å². The summed E-state index contributed by atoms with van der Waals surface area (Å²) < 4.78 is 6.22. The maximum Gasteiger partial charge on any atom is 0.316 e. The third-order valence-corrected chi connectivity index (χ3v) is 4.05. The number of rotatable bonds is 3. The zero-order chi connectivity index (χ0) is 16.2. The standard InChI is InChI=1S/C17H20N3O3/c1-23-15-7-5-14(6-8-15)17(21)19-12-10-18(11-13-19)16-4-2-3-9-20(16)22/h2-9,22H,10-13H2,1H3/q+1. The van der Waals surface area contributed by atoms with Crippen LogP contribution in [0.1, 0.15) is 10.4 Å². The number of hydrogen-bond acceptors (Lipinski definition) is 4. The highest BCUT2D eigenvalue weighted by Crippen LogP contribution is 2.16. The summed E-state index contributed by atoms with van der Waals surface area (Å²) in [5.41, 5.74) is 0.663. The lowest BCUT2D eigenvalue weighted by Gasteiger charge is -2.31. The first kappa shape index (κ1) is 15.1. The molecule has 0 atom stereocenters. The molecule has 0 bridgehead atoms. The van der Waals surface area contributed by atoms with Crippen LogP contribution in [0.15, 0.2) is 48.7 Å². The third-order valence-electron chi connectivity index (χ3n) is 4.05. The molecule has 1 aliphatic rings. The van der Waals surface area contributed by atoms with Crippen molar-refractivity contribution in [3.63, 3.8) is 0 Å². The van der Waals surface area contributed by atoms with E-state index < -0.39 is 0 Å². The normalized spacial score (nSPS) is 14.7. The van der Waals surface area contributed by atoms with Crippen LogP contribution in [0.2, 0.25) is 0 Å². The second-order valence-electron chi connectivity index (χ2n) is 5.41. The highest BCUT2D eigenvalue weighted by Gasteiger charge is 2.28. The molecule has 0 unspecified atom stereocenters. The molecule has 0 spiro atoms. The Morgan fingerprint density at radius 1 is 1.09 bits per heavy atom. The largest absolute Gasteiger partial charge is 0.497 e. The van der Waals surface area contributed by atoms with Gasteiger partial charge in [-0.05, 0) is 30.3 Å². The number of carbonyl (C=O) groups is 1. The molecular weight excluding hydrogens is 294 g/mol. The van der Waals surface area contributed by atoms with E-state index in [2.05, 4.69) is 4.90 Å². The number of carbonyl (C=O) groups excluding carboxylic acids is 1. The summed E-state index contributed by atoms with van der Waals surface area (Å²) in [5.74, 6) is 1.50.